The Kier molecular flexibility index (Phi) is 3.08. The number of rotatable bonds is 2. The van der Waals surface area contributed by atoms with Gasteiger partial charge in [0.05, 0.1) is 24.4 Å². The Morgan fingerprint density at radius 2 is 2.17 bits per heavy atom. The standard InChI is InChI=1S/C18H19N5O/c24-16-9-12-3-1-2-4-14(12)17(16)22-7-6-20-18(22)15-10-13-11-19-5-8-23(13)21-15/h1-4,6-7,10,16-17,19,24H,5,8-9,11H2. The molecule has 2 atom stereocenters. The zero-order chi connectivity index (χ0) is 16.1. The Bertz CT molecular complexity index is 873. The summed E-state index contributed by atoms with van der Waals surface area (Å²) < 4.78 is 4.11. The Labute approximate surface area is 139 Å². The van der Waals surface area contributed by atoms with Gasteiger partial charge in [0.15, 0.2) is 5.82 Å². The van der Waals surface area contributed by atoms with Gasteiger partial charge in [-0.3, -0.25) is 4.68 Å². The molecule has 0 bridgehead atoms. The predicted octanol–water partition coefficient (Wildman–Crippen LogP) is 1.36. The molecule has 3 heterocycles. The number of fused-ring (bicyclic) bond motifs is 2. The topological polar surface area (TPSA) is 67.9 Å². The molecule has 3 aromatic rings. The van der Waals surface area contributed by atoms with E-state index in [1.54, 1.807) is 6.20 Å². The van der Waals surface area contributed by atoms with E-state index >= 15 is 0 Å². The molecule has 1 aliphatic carbocycles. The smallest absolute Gasteiger partial charge is 0.161 e. The van der Waals surface area contributed by atoms with Crippen LogP contribution in [0.1, 0.15) is 22.9 Å². The summed E-state index contributed by atoms with van der Waals surface area (Å²) in [5.74, 6) is 0.817. The first-order chi connectivity index (χ1) is 11.8. The summed E-state index contributed by atoms with van der Waals surface area (Å²) >= 11 is 0. The van der Waals surface area contributed by atoms with Crippen LogP contribution in [0.4, 0.5) is 0 Å². The predicted molar refractivity (Wildman–Crippen MR) is 89.4 cm³/mol. The lowest BCUT2D eigenvalue weighted by Gasteiger charge is -2.19. The van der Waals surface area contributed by atoms with Crippen LogP contribution in [0.2, 0.25) is 0 Å². The van der Waals surface area contributed by atoms with Gasteiger partial charge < -0.3 is 15.0 Å². The number of nitrogens with one attached hydrogen (secondary N) is 1. The summed E-state index contributed by atoms with van der Waals surface area (Å²) in [6, 6.07) is 10.2. The highest BCUT2D eigenvalue weighted by atomic mass is 16.3. The van der Waals surface area contributed by atoms with E-state index in [0.29, 0.717) is 6.42 Å². The minimum Gasteiger partial charge on any atom is -0.390 e. The lowest BCUT2D eigenvalue weighted by atomic mass is 10.1. The van der Waals surface area contributed by atoms with E-state index in [-0.39, 0.29) is 6.04 Å². The van der Waals surface area contributed by atoms with Crippen LogP contribution in [0.5, 0.6) is 0 Å². The summed E-state index contributed by atoms with van der Waals surface area (Å²) in [4.78, 5) is 4.54. The Hall–Kier alpha value is -2.44. The molecule has 2 aromatic heterocycles. The van der Waals surface area contributed by atoms with E-state index in [4.69, 9.17) is 5.10 Å². The first kappa shape index (κ1) is 13.9. The fourth-order valence-electron chi connectivity index (χ4n) is 3.93. The maximum absolute atomic E-state index is 10.6. The van der Waals surface area contributed by atoms with Crippen LogP contribution >= 0.6 is 0 Å². The average molecular weight is 321 g/mol. The minimum absolute atomic E-state index is 0.101. The third-order valence-electron chi connectivity index (χ3n) is 5.03. The second-order valence-corrected chi connectivity index (χ2v) is 6.49. The van der Waals surface area contributed by atoms with Gasteiger partial charge in [-0.15, -0.1) is 0 Å². The van der Waals surface area contributed by atoms with Crippen molar-refractivity contribution in [2.45, 2.75) is 31.7 Å². The molecule has 0 amide bonds. The molecular formula is C18H19N5O. The van der Waals surface area contributed by atoms with Gasteiger partial charge in [-0.1, -0.05) is 24.3 Å². The highest BCUT2D eigenvalue weighted by Gasteiger charge is 2.33. The van der Waals surface area contributed by atoms with E-state index in [0.717, 1.165) is 31.2 Å². The largest absolute Gasteiger partial charge is 0.390 e. The molecule has 24 heavy (non-hydrogen) atoms. The Morgan fingerprint density at radius 1 is 1.25 bits per heavy atom. The molecule has 1 aromatic carbocycles. The SMILES string of the molecule is OC1Cc2ccccc2C1n1ccnc1-c1cc2n(n1)CCNC2. The molecule has 2 N–H and O–H groups in total. The molecule has 0 saturated carbocycles. The number of aliphatic hydroxyl groups excluding tert-OH is 1. The van der Waals surface area contributed by atoms with Crippen LogP contribution in [0.15, 0.2) is 42.7 Å². The second-order valence-electron chi connectivity index (χ2n) is 6.49. The van der Waals surface area contributed by atoms with Crippen molar-refractivity contribution in [3.63, 3.8) is 0 Å². The molecule has 0 saturated heterocycles. The maximum atomic E-state index is 10.6. The van der Waals surface area contributed by atoms with Crippen LogP contribution in [-0.2, 0) is 19.5 Å². The van der Waals surface area contributed by atoms with E-state index < -0.39 is 6.10 Å². The molecule has 0 spiro atoms. The maximum Gasteiger partial charge on any atom is 0.161 e. The number of aliphatic hydroxyl groups is 1. The summed E-state index contributed by atoms with van der Waals surface area (Å²) in [5.41, 5.74) is 4.44. The van der Waals surface area contributed by atoms with Crippen molar-refractivity contribution in [3.05, 3.63) is 59.5 Å². The Morgan fingerprint density at radius 3 is 3.08 bits per heavy atom. The molecule has 6 heteroatoms. The molecule has 1 aliphatic heterocycles. The molecule has 0 fully saturated rings. The van der Waals surface area contributed by atoms with Crippen molar-refractivity contribution in [3.8, 4) is 11.5 Å². The van der Waals surface area contributed by atoms with Gasteiger partial charge in [0.25, 0.3) is 0 Å². The van der Waals surface area contributed by atoms with Crippen LogP contribution in [-0.4, -0.2) is 37.1 Å². The summed E-state index contributed by atoms with van der Waals surface area (Å²) in [5, 5.41) is 18.7. The summed E-state index contributed by atoms with van der Waals surface area (Å²) in [6.45, 7) is 2.66. The van der Waals surface area contributed by atoms with Gasteiger partial charge in [-0.05, 0) is 17.2 Å². The molecular weight excluding hydrogens is 302 g/mol. The zero-order valence-electron chi connectivity index (χ0n) is 13.3. The lowest BCUT2D eigenvalue weighted by molar-refractivity contribution is 0.145. The van der Waals surface area contributed by atoms with E-state index in [9.17, 15) is 5.11 Å². The van der Waals surface area contributed by atoms with Gasteiger partial charge in [0.1, 0.15) is 5.69 Å². The fourth-order valence-corrected chi connectivity index (χ4v) is 3.93. The van der Waals surface area contributed by atoms with Crippen LogP contribution in [0.25, 0.3) is 11.5 Å². The van der Waals surface area contributed by atoms with Crippen molar-refractivity contribution in [1.82, 2.24) is 24.6 Å². The number of hydrogen-bond donors (Lipinski definition) is 2. The number of benzene rings is 1. The fraction of sp³-hybridized carbons (Fsp3) is 0.333. The van der Waals surface area contributed by atoms with Gasteiger partial charge in [0.2, 0.25) is 0 Å². The third-order valence-corrected chi connectivity index (χ3v) is 5.03. The van der Waals surface area contributed by atoms with Gasteiger partial charge in [-0.2, -0.15) is 5.10 Å². The molecule has 122 valence electrons. The van der Waals surface area contributed by atoms with Crippen LogP contribution < -0.4 is 5.32 Å². The quantitative estimate of drug-likeness (QED) is 0.748. The van der Waals surface area contributed by atoms with Gasteiger partial charge >= 0.3 is 0 Å². The average Bonchev–Trinajstić information content (AvgIpc) is 3.29. The van der Waals surface area contributed by atoms with Crippen molar-refractivity contribution in [2.75, 3.05) is 6.54 Å². The molecule has 2 aliphatic rings. The zero-order valence-corrected chi connectivity index (χ0v) is 13.3. The second kappa shape index (κ2) is 5.29. The number of aromatic nitrogens is 4. The van der Waals surface area contributed by atoms with E-state index in [1.165, 1.54) is 16.8 Å². The summed E-state index contributed by atoms with van der Waals surface area (Å²) in [7, 11) is 0. The number of nitrogens with zero attached hydrogens (tertiary/aromatic N) is 4. The molecule has 0 radical (unpaired) electrons. The normalized spacial score (nSPS) is 22.4. The van der Waals surface area contributed by atoms with Gasteiger partial charge in [0, 0.05) is 31.9 Å². The van der Waals surface area contributed by atoms with Crippen molar-refractivity contribution in [1.29, 1.82) is 0 Å². The third kappa shape index (κ3) is 2.03. The first-order valence-corrected chi connectivity index (χ1v) is 8.38. The number of hydrogen-bond acceptors (Lipinski definition) is 4. The summed E-state index contributed by atoms with van der Waals surface area (Å²) in [6.07, 6.45) is 3.98. The monoisotopic (exact) mass is 321 g/mol. The molecule has 5 rings (SSSR count). The highest BCUT2D eigenvalue weighted by molar-refractivity contribution is 5.52. The van der Waals surface area contributed by atoms with Crippen LogP contribution in [0, 0.1) is 0 Å². The molecule has 6 nitrogen and oxygen atoms in total. The first-order valence-electron chi connectivity index (χ1n) is 8.38. The minimum atomic E-state index is -0.436. The van der Waals surface area contributed by atoms with E-state index in [1.807, 2.05) is 23.0 Å². The van der Waals surface area contributed by atoms with Crippen molar-refractivity contribution < 1.29 is 5.11 Å². The van der Waals surface area contributed by atoms with Crippen molar-refractivity contribution >= 4 is 0 Å². The molecule has 2 unspecified atom stereocenters. The van der Waals surface area contributed by atoms with Crippen molar-refractivity contribution in [2.24, 2.45) is 0 Å². The lowest BCUT2D eigenvalue weighted by Crippen LogP contribution is -2.28. The Balaban J connectivity index is 1.60. The highest BCUT2D eigenvalue weighted by Crippen LogP contribution is 2.36. The van der Waals surface area contributed by atoms with Gasteiger partial charge in [-0.25, -0.2) is 4.98 Å². The number of imidazole rings is 1. The van der Waals surface area contributed by atoms with E-state index in [2.05, 4.69) is 33.1 Å². The van der Waals surface area contributed by atoms with Crippen LogP contribution in [0.3, 0.4) is 0 Å².